The molecule has 0 amide bonds. The van der Waals surface area contributed by atoms with Crippen molar-refractivity contribution in [3.05, 3.63) is 29.3 Å². The molecule has 0 radical (unpaired) electrons. The van der Waals surface area contributed by atoms with E-state index in [0.717, 1.165) is 24.0 Å². The first-order valence-electron chi connectivity index (χ1n) is 5.97. The van der Waals surface area contributed by atoms with Crippen LogP contribution in [0.5, 0.6) is 5.75 Å². The van der Waals surface area contributed by atoms with E-state index in [2.05, 4.69) is 6.07 Å². The van der Waals surface area contributed by atoms with Crippen molar-refractivity contribution in [1.82, 2.24) is 0 Å². The molecule has 0 aromatic heterocycles. The Morgan fingerprint density at radius 3 is 3.00 bits per heavy atom. The van der Waals surface area contributed by atoms with E-state index >= 15 is 0 Å². The minimum absolute atomic E-state index is 0.213. The maximum absolute atomic E-state index is 11.6. The van der Waals surface area contributed by atoms with Crippen molar-refractivity contribution in [2.45, 2.75) is 38.7 Å². The van der Waals surface area contributed by atoms with Crippen molar-refractivity contribution in [3.63, 3.8) is 0 Å². The van der Waals surface area contributed by atoms with Crippen LogP contribution in [0.4, 0.5) is 0 Å². The summed E-state index contributed by atoms with van der Waals surface area (Å²) in [6.07, 6.45) is 2.72. The molecule has 0 fully saturated rings. The van der Waals surface area contributed by atoms with Gasteiger partial charge in [0.15, 0.2) is 11.9 Å². The number of carbonyl (C=O) groups excluding carboxylic acids is 1. The lowest BCUT2D eigenvalue weighted by Crippen LogP contribution is -2.14. The normalized spacial score (nSPS) is 15.9. The third kappa shape index (κ3) is 2.47. The quantitative estimate of drug-likeness (QED) is 0.800. The molecule has 1 unspecified atom stereocenters. The number of hydrogen-bond donors (Lipinski definition) is 0. The second-order valence-corrected chi connectivity index (χ2v) is 4.24. The van der Waals surface area contributed by atoms with Gasteiger partial charge in [-0.1, -0.05) is 6.92 Å². The standard InChI is InChI=1S/C14H15NO2/c1-2-11(9-15)17-12-6-7-13-10(8-12)4-3-5-14(13)16/h6-8,11H,2-5H2,1H3. The second-order valence-electron chi connectivity index (χ2n) is 4.24. The Balaban J connectivity index is 2.22. The second kappa shape index (κ2) is 5.01. The first-order chi connectivity index (χ1) is 8.24. The summed E-state index contributed by atoms with van der Waals surface area (Å²) in [6.45, 7) is 1.91. The number of aryl methyl sites for hydroxylation is 1. The van der Waals surface area contributed by atoms with Crippen molar-refractivity contribution in [2.75, 3.05) is 0 Å². The van der Waals surface area contributed by atoms with E-state index in [1.807, 2.05) is 19.1 Å². The summed E-state index contributed by atoms with van der Waals surface area (Å²) >= 11 is 0. The first-order valence-corrected chi connectivity index (χ1v) is 5.97. The Bertz CT molecular complexity index is 474. The predicted molar refractivity (Wildman–Crippen MR) is 64.0 cm³/mol. The molecule has 88 valence electrons. The summed E-state index contributed by atoms with van der Waals surface area (Å²) in [4.78, 5) is 11.6. The zero-order chi connectivity index (χ0) is 12.3. The fourth-order valence-corrected chi connectivity index (χ4v) is 2.06. The number of benzene rings is 1. The highest BCUT2D eigenvalue weighted by atomic mass is 16.5. The smallest absolute Gasteiger partial charge is 0.184 e. The fourth-order valence-electron chi connectivity index (χ4n) is 2.06. The van der Waals surface area contributed by atoms with E-state index in [-0.39, 0.29) is 5.78 Å². The van der Waals surface area contributed by atoms with Crippen LogP contribution in [0.25, 0.3) is 0 Å². The molecular weight excluding hydrogens is 214 g/mol. The molecule has 2 rings (SSSR count). The van der Waals surface area contributed by atoms with Gasteiger partial charge in [0.25, 0.3) is 0 Å². The number of ether oxygens (including phenoxy) is 1. The Hall–Kier alpha value is -1.82. The van der Waals surface area contributed by atoms with Gasteiger partial charge in [-0.25, -0.2) is 0 Å². The van der Waals surface area contributed by atoms with Crippen LogP contribution in [-0.4, -0.2) is 11.9 Å². The minimum atomic E-state index is -0.410. The van der Waals surface area contributed by atoms with Gasteiger partial charge in [0.2, 0.25) is 0 Å². The van der Waals surface area contributed by atoms with Crippen molar-refractivity contribution in [1.29, 1.82) is 5.26 Å². The summed E-state index contributed by atoms with van der Waals surface area (Å²) in [6, 6.07) is 7.59. The van der Waals surface area contributed by atoms with Gasteiger partial charge in [0, 0.05) is 12.0 Å². The third-order valence-electron chi connectivity index (χ3n) is 3.02. The molecule has 0 heterocycles. The average molecular weight is 229 g/mol. The van der Waals surface area contributed by atoms with Crippen LogP contribution in [0.1, 0.15) is 42.1 Å². The number of Topliss-reactive ketones (excluding diaryl/α,β-unsaturated/α-hetero) is 1. The fraction of sp³-hybridized carbons (Fsp3) is 0.429. The van der Waals surface area contributed by atoms with Crippen molar-refractivity contribution < 1.29 is 9.53 Å². The van der Waals surface area contributed by atoms with Gasteiger partial charge in [0.05, 0.1) is 0 Å². The van der Waals surface area contributed by atoms with Crippen LogP contribution < -0.4 is 4.74 Å². The lowest BCUT2D eigenvalue weighted by atomic mass is 9.90. The highest BCUT2D eigenvalue weighted by Gasteiger charge is 2.18. The van der Waals surface area contributed by atoms with Gasteiger partial charge in [0.1, 0.15) is 11.8 Å². The Kier molecular flexibility index (Phi) is 3.43. The summed E-state index contributed by atoms with van der Waals surface area (Å²) in [5.74, 6) is 0.900. The molecule has 0 spiro atoms. The molecule has 1 aromatic rings. The van der Waals surface area contributed by atoms with Crippen molar-refractivity contribution in [3.8, 4) is 11.8 Å². The van der Waals surface area contributed by atoms with Gasteiger partial charge in [-0.2, -0.15) is 5.26 Å². The van der Waals surface area contributed by atoms with E-state index in [0.29, 0.717) is 18.6 Å². The number of ketones is 1. The number of nitrogens with zero attached hydrogens (tertiary/aromatic N) is 1. The van der Waals surface area contributed by atoms with E-state index in [1.54, 1.807) is 6.07 Å². The summed E-state index contributed by atoms with van der Waals surface area (Å²) < 4.78 is 5.54. The maximum atomic E-state index is 11.6. The lowest BCUT2D eigenvalue weighted by Gasteiger charge is -2.17. The van der Waals surface area contributed by atoms with Gasteiger partial charge < -0.3 is 4.74 Å². The Morgan fingerprint density at radius 2 is 2.29 bits per heavy atom. The molecule has 1 aliphatic carbocycles. The van der Waals surface area contributed by atoms with Crippen LogP contribution in [0.15, 0.2) is 18.2 Å². The van der Waals surface area contributed by atoms with Crippen LogP contribution in [0.2, 0.25) is 0 Å². The molecule has 0 N–H and O–H groups in total. The maximum Gasteiger partial charge on any atom is 0.184 e. The summed E-state index contributed by atoms with van der Waals surface area (Å²) in [5.41, 5.74) is 1.86. The molecule has 3 nitrogen and oxygen atoms in total. The van der Waals surface area contributed by atoms with E-state index in [4.69, 9.17) is 10.00 Å². The Morgan fingerprint density at radius 1 is 1.47 bits per heavy atom. The predicted octanol–water partition coefficient (Wildman–Crippen LogP) is 2.89. The number of fused-ring (bicyclic) bond motifs is 1. The number of rotatable bonds is 3. The highest BCUT2D eigenvalue weighted by molar-refractivity contribution is 5.98. The molecule has 1 aromatic carbocycles. The van der Waals surface area contributed by atoms with Gasteiger partial charge in [-0.15, -0.1) is 0 Å². The van der Waals surface area contributed by atoms with Gasteiger partial charge >= 0.3 is 0 Å². The first kappa shape index (κ1) is 11.7. The lowest BCUT2D eigenvalue weighted by molar-refractivity contribution is 0.0972. The van der Waals surface area contributed by atoms with Crippen LogP contribution >= 0.6 is 0 Å². The van der Waals surface area contributed by atoms with Crippen molar-refractivity contribution >= 4 is 5.78 Å². The van der Waals surface area contributed by atoms with Gasteiger partial charge in [-0.05, 0) is 43.0 Å². The highest BCUT2D eigenvalue weighted by Crippen LogP contribution is 2.26. The van der Waals surface area contributed by atoms with E-state index in [1.165, 1.54) is 0 Å². The average Bonchev–Trinajstić information content (AvgIpc) is 2.36. The largest absolute Gasteiger partial charge is 0.476 e. The number of nitriles is 1. The SMILES string of the molecule is CCC(C#N)Oc1ccc2c(c1)CCCC2=O. The molecule has 0 saturated carbocycles. The van der Waals surface area contributed by atoms with Crippen molar-refractivity contribution in [2.24, 2.45) is 0 Å². The summed E-state index contributed by atoms with van der Waals surface area (Å²) in [7, 11) is 0. The zero-order valence-corrected chi connectivity index (χ0v) is 9.90. The van der Waals surface area contributed by atoms with Crippen LogP contribution in [0, 0.1) is 11.3 Å². The van der Waals surface area contributed by atoms with Gasteiger partial charge in [-0.3, -0.25) is 4.79 Å². The van der Waals surface area contributed by atoms with E-state index in [9.17, 15) is 4.79 Å². The number of hydrogen-bond acceptors (Lipinski definition) is 3. The minimum Gasteiger partial charge on any atom is -0.476 e. The Labute approximate surface area is 101 Å². The molecule has 3 heteroatoms. The van der Waals surface area contributed by atoms with Crippen LogP contribution in [-0.2, 0) is 6.42 Å². The number of carbonyl (C=O) groups is 1. The van der Waals surface area contributed by atoms with E-state index < -0.39 is 6.10 Å². The molecule has 17 heavy (non-hydrogen) atoms. The zero-order valence-electron chi connectivity index (χ0n) is 9.90. The topological polar surface area (TPSA) is 50.1 Å². The molecule has 0 aliphatic heterocycles. The molecule has 0 saturated heterocycles. The molecule has 1 atom stereocenters. The van der Waals surface area contributed by atoms with Crippen LogP contribution in [0.3, 0.4) is 0 Å². The summed E-state index contributed by atoms with van der Waals surface area (Å²) in [5, 5.41) is 8.84. The molecular formula is C14H15NO2. The third-order valence-corrected chi connectivity index (χ3v) is 3.02. The molecule has 0 bridgehead atoms. The monoisotopic (exact) mass is 229 g/mol. The molecule has 1 aliphatic rings.